The maximum atomic E-state index is 13.4. The zero-order valence-electron chi connectivity index (χ0n) is 17.4. The van der Waals surface area contributed by atoms with Gasteiger partial charge in [0.05, 0.1) is 23.8 Å². The largest absolute Gasteiger partial charge is 0.463 e. The summed E-state index contributed by atoms with van der Waals surface area (Å²) in [6, 6.07) is 16.4. The minimum absolute atomic E-state index is 0.0300. The maximum absolute atomic E-state index is 13.4. The van der Waals surface area contributed by atoms with Gasteiger partial charge in [0.1, 0.15) is 6.61 Å². The first-order chi connectivity index (χ1) is 14.3. The van der Waals surface area contributed by atoms with Crippen LogP contribution in [0.2, 0.25) is 0 Å². The molecule has 3 aliphatic carbocycles. The third-order valence-corrected chi connectivity index (χ3v) is 6.70. The Bertz CT molecular complexity index is 951. The summed E-state index contributed by atoms with van der Waals surface area (Å²) in [7, 11) is 0. The van der Waals surface area contributed by atoms with Gasteiger partial charge in [0.2, 0.25) is 11.8 Å². The number of amides is 2. The van der Waals surface area contributed by atoms with E-state index >= 15 is 0 Å². The zero-order valence-corrected chi connectivity index (χ0v) is 17.4. The Kier molecular flexibility index (Phi) is 4.14. The van der Waals surface area contributed by atoms with Crippen molar-refractivity contribution < 1.29 is 19.1 Å². The van der Waals surface area contributed by atoms with E-state index in [0.717, 1.165) is 22.3 Å². The first-order valence-electron chi connectivity index (χ1n) is 10.5. The maximum Gasteiger partial charge on any atom is 0.311 e. The summed E-state index contributed by atoms with van der Waals surface area (Å²) in [5.41, 5.74) is 4.01. The summed E-state index contributed by atoms with van der Waals surface area (Å²) in [6.45, 7) is 5.48. The Morgan fingerprint density at radius 3 is 1.60 bits per heavy atom. The second kappa shape index (κ2) is 6.53. The molecule has 2 aromatic rings. The molecule has 1 saturated heterocycles. The normalized spacial score (nSPS) is 26.3. The Labute approximate surface area is 176 Å². The summed E-state index contributed by atoms with van der Waals surface area (Å²) >= 11 is 0. The van der Waals surface area contributed by atoms with E-state index in [2.05, 4.69) is 24.3 Å². The van der Waals surface area contributed by atoms with Crippen molar-refractivity contribution in [1.82, 2.24) is 4.90 Å². The molecule has 4 aliphatic rings. The molecular weight excluding hydrogens is 378 g/mol. The summed E-state index contributed by atoms with van der Waals surface area (Å²) < 4.78 is 5.33. The molecule has 0 spiro atoms. The highest BCUT2D eigenvalue weighted by Gasteiger charge is 2.61. The number of likely N-dealkylation sites (tertiary alicyclic amines) is 1. The molecule has 5 heteroatoms. The van der Waals surface area contributed by atoms with E-state index in [-0.39, 0.29) is 54.6 Å². The average molecular weight is 403 g/mol. The molecule has 0 radical (unpaired) electrons. The number of carbonyl (C=O) groups excluding carboxylic acids is 3. The van der Waals surface area contributed by atoms with Crippen LogP contribution in [0.25, 0.3) is 0 Å². The van der Waals surface area contributed by atoms with Gasteiger partial charge in [0.15, 0.2) is 0 Å². The van der Waals surface area contributed by atoms with Gasteiger partial charge in [-0.05, 0) is 43.0 Å². The van der Waals surface area contributed by atoms with Gasteiger partial charge in [0.25, 0.3) is 0 Å². The molecule has 0 unspecified atom stereocenters. The molecule has 6 rings (SSSR count). The van der Waals surface area contributed by atoms with Crippen molar-refractivity contribution in [2.45, 2.75) is 32.6 Å². The van der Waals surface area contributed by atoms with Gasteiger partial charge in [0, 0.05) is 11.8 Å². The topological polar surface area (TPSA) is 63.7 Å². The van der Waals surface area contributed by atoms with Crippen LogP contribution in [0.15, 0.2) is 48.5 Å². The Hall–Kier alpha value is -2.95. The quantitative estimate of drug-likeness (QED) is 0.582. The standard InChI is InChI=1S/C25H25NO4/c1-25(2,3)24(29)30-13-12-26-22(27)20-18-14-8-4-5-9-15(14)19(21(20)23(26)28)17-11-7-6-10-16(17)18/h4-11,18-21H,12-13H2,1-3H3/t18?,19?,20-,21-/m1/s1. The summed E-state index contributed by atoms with van der Waals surface area (Å²) in [5.74, 6) is -1.60. The lowest BCUT2D eigenvalue weighted by molar-refractivity contribution is -0.155. The fraction of sp³-hybridized carbons (Fsp3) is 0.400. The molecule has 2 aromatic carbocycles. The van der Waals surface area contributed by atoms with E-state index in [9.17, 15) is 14.4 Å². The van der Waals surface area contributed by atoms with Crippen LogP contribution in [-0.4, -0.2) is 35.8 Å². The molecule has 2 amide bonds. The van der Waals surface area contributed by atoms with Crippen LogP contribution in [0.3, 0.4) is 0 Å². The van der Waals surface area contributed by atoms with Crippen molar-refractivity contribution in [2.24, 2.45) is 17.3 Å². The number of imide groups is 1. The van der Waals surface area contributed by atoms with E-state index in [1.54, 1.807) is 20.8 Å². The lowest BCUT2D eigenvalue weighted by Crippen LogP contribution is -2.41. The van der Waals surface area contributed by atoms with Crippen molar-refractivity contribution in [3.63, 3.8) is 0 Å². The van der Waals surface area contributed by atoms with Crippen molar-refractivity contribution in [3.8, 4) is 0 Å². The molecule has 154 valence electrons. The molecule has 5 nitrogen and oxygen atoms in total. The van der Waals surface area contributed by atoms with E-state index in [0.29, 0.717) is 0 Å². The summed E-state index contributed by atoms with van der Waals surface area (Å²) in [6.07, 6.45) is 0. The lowest BCUT2D eigenvalue weighted by Gasteiger charge is -2.45. The Morgan fingerprint density at radius 1 is 0.833 bits per heavy atom. The average Bonchev–Trinajstić information content (AvgIpc) is 2.98. The Morgan fingerprint density at radius 2 is 1.23 bits per heavy atom. The lowest BCUT2D eigenvalue weighted by atomic mass is 9.55. The van der Waals surface area contributed by atoms with E-state index < -0.39 is 5.41 Å². The second-order valence-electron chi connectivity index (χ2n) is 9.48. The number of esters is 1. The molecule has 0 aromatic heterocycles. The van der Waals surface area contributed by atoms with Gasteiger partial charge in [-0.15, -0.1) is 0 Å². The Balaban J connectivity index is 1.48. The van der Waals surface area contributed by atoms with E-state index in [1.807, 2.05) is 24.3 Å². The van der Waals surface area contributed by atoms with Crippen LogP contribution in [0.5, 0.6) is 0 Å². The highest BCUT2D eigenvalue weighted by atomic mass is 16.5. The van der Waals surface area contributed by atoms with Crippen molar-refractivity contribution in [2.75, 3.05) is 13.2 Å². The van der Waals surface area contributed by atoms with Crippen molar-refractivity contribution >= 4 is 17.8 Å². The van der Waals surface area contributed by atoms with Gasteiger partial charge < -0.3 is 4.74 Å². The van der Waals surface area contributed by atoms with Gasteiger partial charge in [-0.2, -0.15) is 0 Å². The molecule has 1 fully saturated rings. The molecule has 0 N–H and O–H groups in total. The van der Waals surface area contributed by atoms with Crippen LogP contribution >= 0.6 is 0 Å². The van der Waals surface area contributed by atoms with Gasteiger partial charge in [-0.3, -0.25) is 19.3 Å². The number of rotatable bonds is 3. The first-order valence-corrected chi connectivity index (χ1v) is 10.5. The first kappa shape index (κ1) is 19.0. The molecular formula is C25H25NO4. The van der Waals surface area contributed by atoms with Crippen LogP contribution < -0.4 is 0 Å². The van der Waals surface area contributed by atoms with Crippen LogP contribution in [-0.2, 0) is 19.1 Å². The van der Waals surface area contributed by atoms with E-state index in [4.69, 9.17) is 4.74 Å². The highest BCUT2D eigenvalue weighted by Crippen LogP contribution is 2.60. The minimum atomic E-state index is -0.616. The smallest absolute Gasteiger partial charge is 0.311 e. The predicted molar refractivity (Wildman–Crippen MR) is 111 cm³/mol. The molecule has 30 heavy (non-hydrogen) atoms. The summed E-state index contributed by atoms with van der Waals surface area (Å²) in [4.78, 5) is 40.2. The second-order valence-corrected chi connectivity index (χ2v) is 9.48. The minimum Gasteiger partial charge on any atom is -0.463 e. The van der Waals surface area contributed by atoms with Crippen LogP contribution in [0.4, 0.5) is 0 Å². The fourth-order valence-corrected chi connectivity index (χ4v) is 5.41. The van der Waals surface area contributed by atoms with Gasteiger partial charge >= 0.3 is 5.97 Å². The summed E-state index contributed by atoms with van der Waals surface area (Å²) in [5, 5.41) is 0. The van der Waals surface area contributed by atoms with Crippen molar-refractivity contribution in [3.05, 3.63) is 70.8 Å². The number of carbonyl (C=O) groups is 3. The third-order valence-electron chi connectivity index (χ3n) is 6.70. The number of hydrogen-bond donors (Lipinski definition) is 0. The zero-order chi connectivity index (χ0) is 21.2. The molecule has 1 aliphatic heterocycles. The fourth-order valence-electron chi connectivity index (χ4n) is 5.41. The molecule has 2 atom stereocenters. The molecule has 0 saturated carbocycles. The SMILES string of the molecule is CC(C)(C)C(=O)OCCN1C(=O)[C@@H]2C3c4ccccc4C(c4ccccc43)[C@H]2C1=O. The van der Waals surface area contributed by atoms with Gasteiger partial charge in [-0.25, -0.2) is 0 Å². The van der Waals surface area contributed by atoms with Gasteiger partial charge in [-0.1, -0.05) is 48.5 Å². The highest BCUT2D eigenvalue weighted by molar-refractivity contribution is 6.07. The van der Waals surface area contributed by atoms with Crippen LogP contribution in [0.1, 0.15) is 54.9 Å². The van der Waals surface area contributed by atoms with Crippen molar-refractivity contribution in [1.29, 1.82) is 0 Å². The number of ether oxygens (including phenoxy) is 1. The number of benzene rings is 2. The predicted octanol–water partition coefficient (Wildman–Crippen LogP) is 3.47. The number of nitrogens with zero attached hydrogens (tertiary/aromatic N) is 1. The molecule has 1 heterocycles. The third kappa shape index (κ3) is 2.57. The monoisotopic (exact) mass is 403 g/mol. The number of hydrogen-bond acceptors (Lipinski definition) is 4. The van der Waals surface area contributed by atoms with Crippen LogP contribution in [0, 0.1) is 17.3 Å². The molecule has 2 bridgehead atoms. The van der Waals surface area contributed by atoms with E-state index in [1.165, 1.54) is 4.90 Å².